The normalized spacial score (nSPS) is 17.5. The molecule has 0 saturated heterocycles. The predicted molar refractivity (Wildman–Crippen MR) is 146 cm³/mol. The van der Waals surface area contributed by atoms with E-state index < -0.39 is 74.4 Å². The molecule has 42 heavy (non-hydrogen) atoms. The Morgan fingerprint density at radius 2 is 1.43 bits per heavy atom. The Kier molecular flexibility index (Phi) is 8.45. The summed E-state index contributed by atoms with van der Waals surface area (Å²) in [5.41, 5.74) is -0.713. The van der Waals surface area contributed by atoms with E-state index in [9.17, 15) is 13.2 Å². The van der Waals surface area contributed by atoms with Crippen LogP contribution in [0.15, 0.2) is 34.7 Å². The first-order valence-corrected chi connectivity index (χ1v) is 14.1. The average Bonchev–Trinajstić information content (AvgIpc) is 3.32. The SMILES string of the molecule is CCCc1ccc(C#Cc2cc3oc4cc(OC(F)(F)C5CCC(CCC)CC5)c(F)c(F)c4c3c(F)c2F)c(F)c1. The molecule has 1 fully saturated rings. The summed E-state index contributed by atoms with van der Waals surface area (Å²) in [5, 5.41) is -1.47. The molecule has 9 heteroatoms. The quantitative estimate of drug-likeness (QED) is 0.158. The predicted octanol–water partition coefficient (Wildman–Crippen LogP) is 10.2. The van der Waals surface area contributed by atoms with Crippen LogP contribution in [0, 0.1) is 52.8 Å². The van der Waals surface area contributed by atoms with Crippen molar-refractivity contribution in [2.24, 2.45) is 11.8 Å². The molecule has 1 aliphatic rings. The molecule has 2 nitrogen and oxygen atoms in total. The highest BCUT2D eigenvalue weighted by molar-refractivity contribution is 6.06. The van der Waals surface area contributed by atoms with Crippen LogP contribution < -0.4 is 4.74 Å². The summed E-state index contributed by atoms with van der Waals surface area (Å²) in [7, 11) is 0. The number of halogens is 7. The van der Waals surface area contributed by atoms with Crippen LogP contribution in [-0.4, -0.2) is 6.11 Å². The lowest BCUT2D eigenvalue weighted by Gasteiger charge is -2.33. The molecule has 222 valence electrons. The molecule has 1 heterocycles. The second kappa shape index (κ2) is 11.9. The zero-order valence-electron chi connectivity index (χ0n) is 23.2. The lowest BCUT2D eigenvalue weighted by Crippen LogP contribution is -2.37. The van der Waals surface area contributed by atoms with E-state index >= 15 is 17.6 Å². The Morgan fingerprint density at radius 3 is 2.07 bits per heavy atom. The van der Waals surface area contributed by atoms with Crippen molar-refractivity contribution in [2.45, 2.75) is 71.3 Å². The van der Waals surface area contributed by atoms with Gasteiger partial charge < -0.3 is 9.15 Å². The molecule has 5 rings (SSSR count). The number of alkyl halides is 2. The number of rotatable bonds is 7. The highest BCUT2D eigenvalue weighted by Gasteiger charge is 2.45. The minimum atomic E-state index is -3.78. The molecule has 0 atom stereocenters. The van der Waals surface area contributed by atoms with Crippen molar-refractivity contribution in [2.75, 3.05) is 0 Å². The van der Waals surface area contributed by atoms with Gasteiger partial charge in [-0.25, -0.2) is 17.6 Å². The highest BCUT2D eigenvalue weighted by Crippen LogP contribution is 2.44. The standard InChI is InChI=1S/C33H29F7O2/c1-3-5-18-8-13-22(14-9-18)33(39,40)42-26-17-25-28(32(38)30(26)36)27-24(41-25)16-21(29(35)31(27)37)12-11-20-10-7-19(6-4-2)15-23(20)34/h7,10,15-18,22H,3-6,8-9,13-14H2,1-2H3. The Labute approximate surface area is 238 Å². The van der Waals surface area contributed by atoms with E-state index in [4.69, 9.17) is 9.15 Å². The fraction of sp³-hybridized carbons (Fsp3) is 0.394. The van der Waals surface area contributed by atoms with E-state index in [1.165, 1.54) is 12.1 Å². The lowest BCUT2D eigenvalue weighted by molar-refractivity contribution is -0.224. The highest BCUT2D eigenvalue weighted by atomic mass is 19.3. The molecule has 0 amide bonds. The van der Waals surface area contributed by atoms with E-state index in [2.05, 4.69) is 11.8 Å². The summed E-state index contributed by atoms with van der Waals surface area (Å²) in [6.45, 7) is 3.97. The number of hydrogen-bond donors (Lipinski definition) is 0. The smallest absolute Gasteiger partial charge is 0.400 e. The summed E-state index contributed by atoms with van der Waals surface area (Å²) in [5.74, 6) is -4.29. The molecule has 4 aromatic rings. The molecular weight excluding hydrogens is 561 g/mol. The third-order valence-corrected chi connectivity index (χ3v) is 7.95. The molecule has 1 aromatic heterocycles. The van der Waals surface area contributed by atoms with E-state index in [0.717, 1.165) is 30.9 Å². The maximum absolute atomic E-state index is 15.2. The first-order chi connectivity index (χ1) is 20.0. The number of benzene rings is 3. The van der Waals surface area contributed by atoms with Crippen molar-refractivity contribution in [1.29, 1.82) is 0 Å². The molecule has 3 aromatic carbocycles. The second-order valence-corrected chi connectivity index (χ2v) is 10.9. The minimum Gasteiger partial charge on any atom is -0.456 e. The van der Waals surface area contributed by atoms with Crippen LogP contribution in [0.5, 0.6) is 5.75 Å². The van der Waals surface area contributed by atoms with Crippen LogP contribution in [0.4, 0.5) is 30.7 Å². The minimum absolute atomic E-state index is 0.0472. The Balaban J connectivity index is 1.48. The van der Waals surface area contributed by atoms with Crippen molar-refractivity contribution < 1.29 is 39.9 Å². The van der Waals surface area contributed by atoms with Crippen molar-refractivity contribution in [1.82, 2.24) is 0 Å². The number of hydrogen-bond acceptors (Lipinski definition) is 2. The van der Waals surface area contributed by atoms with Gasteiger partial charge in [-0.3, -0.25) is 0 Å². The summed E-state index contributed by atoms with van der Waals surface area (Å²) >= 11 is 0. The van der Waals surface area contributed by atoms with E-state index in [0.29, 0.717) is 31.2 Å². The Morgan fingerprint density at radius 1 is 0.786 bits per heavy atom. The molecule has 0 bridgehead atoms. The first-order valence-electron chi connectivity index (χ1n) is 14.1. The first kappa shape index (κ1) is 29.8. The van der Waals surface area contributed by atoms with Crippen molar-refractivity contribution in [3.05, 3.63) is 76.1 Å². The summed E-state index contributed by atoms with van der Waals surface area (Å²) in [6, 6.07) is 6.08. The molecule has 0 radical (unpaired) electrons. The van der Waals surface area contributed by atoms with Crippen LogP contribution in [-0.2, 0) is 6.42 Å². The summed E-state index contributed by atoms with van der Waals surface area (Å²) < 4.78 is 115. The van der Waals surface area contributed by atoms with Crippen molar-refractivity contribution in [3.8, 4) is 17.6 Å². The zero-order valence-corrected chi connectivity index (χ0v) is 23.2. The second-order valence-electron chi connectivity index (χ2n) is 10.9. The topological polar surface area (TPSA) is 22.4 Å². The zero-order chi connectivity index (χ0) is 30.2. The van der Waals surface area contributed by atoms with Gasteiger partial charge in [0.05, 0.1) is 27.8 Å². The van der Waals surface area contributed by atoms with Crippen LogP contribution in [0.1, 0.15) is 75.5 Å². The van der Waals surface area contributed by atoms with Crippen molar-refractivity contribution in [3.63, 3.8) is 0 Å². The molecule has 0 unspecified atom stereocenters. The molecule has 1 aliphatic carbocycles. The molecule has 0 N–H and O–H groups in total. The van der Waals surface area contributed by atoms with Gasteiger partial charge in [-0.2, -0.15) is 13.2 Å². The van der Waals surface area contributed by atoms with Gasteiger partial charge in [0.2, 0.25) is 5.82 Å². The van der Waals surface area contributed by atoms with Gasteiger partial charge in [0.1, 0.15) is 17.0 Å². The van der Waals surface area contributed by atoms with Gasteiger partial charge >= 0.3 is 6.11 Å². The molecular formula is C33H29F7O2. The van der Waals surface area contributed by atoms with Gasteiger partial charge in [-0.1, -0.05) is 51.0 Å². The monoisotopic (exact) mass is 590 g/mol. The van der Waals surface area contributed by atoms with Gasteiger partial charge in [0.15, 0.2) is 23.2 Å². The van der Waals surface area contributed by atoms with E-state index in [1.54, 1.807) is 6.07 Å². The third kappa shape index (κ3) is 5.68. The van der Waals surface area contributed by atoms with Gasteiger partial charge in [0.25, 0.3) is 0 Å². The van der Waals surface area contributed by atoms with Gasteiger partial charge in [-0.15, -0.1) is 0 Å². The lowest BCUT2D eigenvalue weighted by atomic mass is 9.79. The number of furan rings is 1. The maximum Gasteiger partial charge on any atom is 0.400 e. The summed E-state index contributed by atoms with van der Waals surface area (Å²) in [4.78, 5) is 0. The fourth-order valence-electron chi connectivity index (χ4n) is 5.76. The number of aryl methyl sites for hydroxylation is 1. The Bertz CT molecular complexity index is 1690. The number of ether oxygens (including phenoxy) is 1. The third-order valence-electron chi connectivity index (χ3n) is 7.95. The van der Waals surface area contributed by atoms with Gasteiger partial charge in [0, 0.05) is 12.1 Å². The fourth-order valence-corrected chi connectivity index (χ4v) is 5.76. The van der Waals surface area contributed by atoms with Crippen LogP contribution >= 0.6 is 0 Å². The van der Waals surface area contributed by atoms with E-state index in [-0.39, 0.29) is 18.4 Å². The van der Waals surface area contributed by atoms with Crippen LogP contribution in [0.3, 0.4) is 0 Å². The maximum atomic E-state index is 15.2. The van der Waals surface area contributed by atoms with Crippen LogP contribution in [0.25, 0.3) is 21.9 Å². The molecule has 1 saturated carbocycles. The van der Waals surface area contributed by atoms with Gasteiger partial charge in [-0.05, 0) is 55.7 Å². The average molecular weight is 591 g/mol. The molecule has 0 spiro atoms. The van der Waals surface area contributed by atoms with Crippen molar-refractivity contribution >= 4 is 21.9 Å². The van der Waals surface area contributed by atoms with Crippen LogP contribution in [0.2, 0.25) is 0 Å². The Hall–Kier alpha value is -3.67. The van der Waals surface area contributed by atoms with E-state index in [1.807, 2.05) is 13.8 Å². The largest absolute Gasteiger partial charge is 0.456 e. The summed E-state index contributed by atoms with van der Waals surface area (Å²) in [6.07, 6.45) is 1.11. The number of fused-ring (bicyclic) bond motifs is 3. The molecule has 0 aliphatic heterocycles.